The van der Waals surface area contributed by atoms with Gasteiger partial charge in [-0.2, -0.15) is 0 Å². The highest BCUT2D eigenvalue weighted by molar-refractivity contribution is 5.75. The number of aliphatic carboxylic acids is 1. The molecule has 0 amide bonds. The van der Waals surface area contributed by atoms with Crippen molar-refractivity contribution in [2.75, 3.05) is 13.1 Å². The molecule has 3 heteroatoms. The van der Waals surface area contributed by atoms with E-state index >= 15 is 0 Å². The van der Waals surface area contributed by atoms with Crippen LogP contribution in [0.1, 0.15) is 37.7 Å². The smallest absolute Gasteiger partial charge is 0.310 e. The molecule has 1 aromatic carbocycles. The number of rotatable bonds is 3. The Morgan fingerprint density at radius 3 is 2.80 bits per heavy atom. The molecule has 1 heterocycles. The topological polar surface area (TPSA) is 40.5 Å². The van der Waals surface area contributed by atoms with Crippen LogP contribution in [0, 0.1) is 11.3 Å². The second kappa shape index (κ2) is 5.57. The monoisotopic (exact) mass is 273 g/mol. The van der Waals surface area contributed by atoms with Crippen LogP contribution >= 0.6 is 0 Å². The summed E-state index contributed by atoms with van der Waals surface area (Å²) in [5, 5.41) is 9.68. The van der Waals surface area contributed by atoms with Crippen molar-refractivity contribution in [1.82, 2.24) is 4.90 Å². The largest absolute Gasteiger partial charge is 0.481 e. The highest BCUT2D eigenvalue weighted by Gasteiger charge is 2.49. The van der Waals surface area contributed by atoms with E-state index in [1.807, 2.05) is 6.07 Å². The van der Waals surface area contributed by atoms with Gasteiger partial charge < -0.3 is 5.11 Å². The quantitative estimate of drug-likeness (QED) is 0.919. The molecule has 2 atom stereocenters. The van der Waals surface area contributed by atoms with Crippen LogP contribution in [0.25, 0.3) is 0 Å². The molecule has 20 heavy (non-hydrogen) atoms. The zero-order chi connectivity index (χ0) is 14.0. The first-order valence-corrected chi connectivity index (χ1v) is 7.70. The van der Waals surface area contributed by atoms with E-state index in [0.29, 0.717) is 5.92 Å². The number of carboxylic acid groups (broad SMARTS) is 1. The molecule has 1 aliphatic carbocycles. The predicted molar refractivity (Wildman–Crippen MR) is 78.4 cm³/mol. The van der Waals surface area contributed by atoms with Crippen molar-refractivity contribution in [3.05, 3.63) is 35.9 Å². The Balaban J connectivity index is 1.70. The Morgan fingerprint density at radius 1 is 1.25 bits per heavy atom. The van der Waals surface area contributed by atoms with Gasteiger partial charge >= 0.3 is 5.97 Å². The van der Waals surface area contributed by atoms with Crippen molar-refractivity contribution in [1.29, 1.82) is 0 Å². The van der Waals surface area contributed by atoms with Crippen molar-refractivity contribution in [3.8, 4) is 0 Å². The molecule has 1 N–H and O–H groups in total. The van der Waals surface area contributed by atoms with E-state index in [1.54, 1.807) is 0 Å². The maximum absolute atomic E-state index is 11.8. The average Bonchev–Trinajstić information content (AvgIpc) is 2.48. The van der Waals surface area contributed by atoms with E-state index in [-0.39, 0.29) is 0 Å². The first-order valence-electron chi connectivity index (χ1n) is 7.70. The van der Waals surface area contributed by atoms with Crippen LogP contribution in [0.4, 0.5) is 0 Å². The van der Waals surface area contributed by atoms with E-state index in [1.165, 1.54) is 12.0 Å². The Labute approximate surface area is 120 Å². The van der Waals surface area contributed by atoms with Crippen LogP contribution in [0.5, 0.6) is 0 Å². The molecule has 2 unspecified atom stereocenters. The molecule has 0 aromatic heterocycles. The molecule has 2 fully saturated rings. The zero-order valence-electron chi connectivity index (χ0n) is 11.9. The second-order valence-electron chi connectivity index (χ2n) is 6.37. The molecule has 1 aromatic rings. The van der Waals surface area contributed by atoms with Gasteiger partial charge in [0.05, 0.1) is 5.41 Å². The third-order valence-electron chi connectivity index (χ3n) is 5.23. The van der Waals surface area contributed by atoms with Gasteiger partial charge in [-0.25, -0.2) is 0 Å². The maximum atomic E-state index is 11.8. The summed E-state index contributed by atoms with van der Waals surface area (Å²) in [6.45, 7) is 2.81. The lowest BCUT2D eigenvalue weighted by Crippen LogP contribution is -2.52. The molecule has 0 bridgehead atoms. The molecule has 0 radical (unpaired) electrons. The number of benzene rings is 1. The molecule has 0 spiro atoms. The van der Waals surface area contributed by atoms with Gasteiger partial charge in [0.2, 0.25) is 0 Å². The van der Waals surface area contributed by atoms with Gasteiger partial charge in [0.15, 0.2) is 0 Å². The van der Waals surface area contributed by atoms with Crippen molar-refractivity contribution >= 4 is 5.97 Å². The lowest BCUT2D eigenvalue weighted by atomic mass is 9.62. The molecule has 2 aliphatic rings. The van der Waals surface area contributed by atoms with Crippen LogP contribution in [0.2, 0.25) is 0 Å². The Kier molecular flexibility index (Phi) is 3.79. The number of nitrogens with zero attached hydrogens (tertiary/aromatic N) is 1. The third kappa shape index (κ3) is 2.47. The average molecular weight is 273 g/mol. The van der Waals surface area contributed by atoms with Gasteiger partial charge in [0.25, 0.3) is 0 Å². The van der Waals surface area contributed by atoms with Crippen molar-refractivity contribution in [3.63, 3.8) is 0 Å². The van der Waals surface area contributed by atoms with Crippen LogP contribution in [-0.4, -0.2) is 29.1 Å². The summed E-state index contributed by atoms with van der Waals surface area (Å²) >= 11 is 0. The van der Waals surface area contributed by atoms with E-state index in [0.717, 1.165) is 45.3 Å². The van der Waals surface area contributed by atoms with E-state index in [9.17, 15) is 9.90 Å². The summed E-state index contributed by atoms with van der Waals surface area (Å²) in [6.07, 6.45) is 5.06. The SMILES string of the molecule is O=C(O)C12CCCCC1CN(Cc1ccccc1)CC2. The lowest BCUT2D eigenvalue weighted by Gasteiger charge is -2.48. The summed E-state index contributed by atoms with van der Waals surface area (Å²) in [4.78, 5) is 14.2. The van der Waals surface area contributed by atoms with Crippen molar-refractivity contribution < 1.29 is 9.90 Å². The Bertz CT molecular complexity index is 473. The van der Waals surface area contributed by atoms with E-state index < -0.39 is 11.4 Å². The fourth-order valence-electron chi connectivity index (χ4n) is 4.04. The summed E-state index contributed by atoms with van der Waals surface area (Å²) < 4.78 is 0. The fourth-order valence-corrected chi connectivity index (χ4v) is 4.04. The molecule has 1 saturated heterocycles. The second-order valence-corrected chi connectivity index (χ2v) is 6.37. The first-order chi connectivity index (χ1) is 9.71. The van der Waals surface area contributed by atoms with Crippen molar-refractivity contribution in [2.24, 2.45) is 11.3 Å². The standard InChI is InChI=1S/C17H23NO2/c19-16(20)17-9-5-4-8-15(17)13-18(11-10-17)12-14-6-2-1-3-7-14/h1-3,6-7,15H,4-5,8-13H2,(H,19,20). The summed E-state index contributed by atoms with van der Waals surface area (Å²) in [6, 6.07) is 10.5. The summed E-state index contributed by atoms with van der Waals surface area (Å²) in [5.41, 5.74) is 0.900. The maximum Gasteiger partial charge on any atom is 0.310 e. The lowest BCUT2D eigenvalue weighted by molar-refractivity contribution is -0.160. The minimum absolute atomic E-state index is 0.339. The number of carboxylic acids is 1. The van der Waals surface area contributed by atoms with E-state index in [4.69, 9.17) is 0 Å². The highest BCUT2D eigenvalue weighted by Crippen LogP contribution is 2.47. The number of hydrogen-bond acceptors (Lipinski definition) is 2. The first kappa shape index (κ1) is 13.6. The van der Waals surface area contributed by atoms with Crippen LogP contribution < -0.4 is 0 Å². The van der Waals surface area contributed by atoms with Gasteiger partial charge in [-0.15, -0.1) is 0 Å². The molecule has 1 aliphatic heterocycles. The fraction of sp³-hybridized carbons (Fsp3) is 0.588. The summed E-state index contributed by atoms with van der Waals surface area (Å²) in [7, 11) is 0. The number of hydrogen-bond donors (Lipinski definition) is 1. The van der Waals surface area contributed by atoms with Gasteiger partial charge in [-0.05, 0) is 37.3 Å². The number of fused-ring (bicyclic) bond motifs is 1. The number of carbonyl (C=O) groups is 1. The highest BCUT2D eigenvalue weighted by atomic mass is 16.4. The van der Waals surface area contributed by atoms with Gasteiger partial charge in [-0.3, -0.25) is 9.69 Å². The summed E-state index contributed by atoms with van der Waals surface area (Å²) in [5.74, 6) is -0.215. The van der Waals surface area contributed by atoms with E-state index in [2.05, 4.69) is 29.2 Å². The minimum Gasteiger partial charge on any atom is -0.481 e. The molecule has 1 saturated carbocycles. The van der Waals surface area contributed by atoms with Gasteiger partial charge in [-0.1, -0.05) is 43.2 Å². The van der Waals surface area contributed by atoms with Gasteiger partial charge in [0.1, 0.15) is 0 Å². The molecular formula is C17H23NO2. The Hall–Kier alpha value is -1.35. The third-order valence-corrected chi connectivity index (χ3v) is 5.23. The molecular weight excluding hydrogens is 250 g/mol. The molecule has 3 rings (SSSR count). The Morgan fingerprint density at radius 2 is 2.05 bits per heavy atom. The van der Waals surface area contributed by atoms with Crippen LogP contribution in [-0.2, 0) is 11.3 Å². The van der Waals surface area contributed by atoms with Crippen molar-refractivity contribution in [2.45, 2.75) is 38.6 Å². The zero-order valence-corrected chi connectivity index (χ0v) is 11.9. The molecule has 108 valence electrons. The normalized spacial score (nSPS) is 30.7. The van der Waals surface area contributed by atoms with Crippen LogP contribution in [0.3, 0.4) is 0 Å². The molecule has 3 nitrogen and oxygen atoms in total. The minimum atomic E-state index is -0.554. The predicted octanol–water partition coefficient (Wildman–Crippen LogP) is 3.15. The number of likely N-dealkylation sites (tertiary alicyclic amines) is 1. The van der Waals surface area contributed by atoms with Crippen LogP contribution in [0.15, 0.2) is 30.3 Å². The van der Waals surface area contributed by atoms with Gasteiger partial charge in [0, 0.05) is 13.1 Å². The number of piperidine rings is 1.